The molecule has 0 saturated carbocycles. The molecule has 2 rings (SSSR count). The van der Waals surface area contributed by atoms with E-state index in [9.17, 15) is 13.2 Å². The average Bonchev–Trinajstić information content (AvgIpc) is 2.81. The molecule has 0 aromatic heterocycles. The Balaban J connectivity index is 1.88. The zero-order chi connectivity index (χ0) is 14.8. The molecule has 8 nitrogen and oxygen atoms in total. The van der Waals surface area contributed by atoms with E-state index in [0.29, 0.717) is 26.3 Å². The van der Waals surface area contributed by atoms with Crippen molar-refractivity contribution in [3.8, 4) is 0 Å². The smallest absolute Gasteiger partial charge is 0.274 e. The monoisotopic (exact) mass is 306 g/mol. The second-order valence-electron chi connectivity index (χ2n) is 5.49. The largest absolute Gasteiger partial charge is 0.379 e. The molecule has 9 heteroatoms. The van der Waals surface area contributed by atoms with Crippen LogP contribution in [0.3, 0.4) is 0 Å². The van der Waals surface area contributed by atoms with E-state index in [0.717, 1.165) is 12.8 Å². The second-order valence-corrected chi connectivity index (χ2v) is 6.87. The van der Waals surface area contributed by atoms with Crippen LogP contribution in [0.2, 0.25) is 0 Å². The van der Waals surface area contributed by atoms with Crippen LogP contribution in [0.1, 0.15) is 12.8 Å². The first-order valence-electron chi connectivity index (χ1n) is 6.76. The fraction of sp³-hybridized carbons (Fsp3) is 0.909. The number of nitrogens with zero attached hydrogens (tertiary/aromatic N) is 1. The summed E-state index contributed by atoms with van der Waals surface area (Å²) >= 11 is 0. The number of piperidine rings is 1. The van der Waals surface area contributed by atoms with Crippen molar-refractivity contribution >= 4 is 16.1 Å². The zero-order valence-electron chi connectivity index (χ0n) is 11.3. The van der Waals surface area contributed by atoms with E-state index in [1.165, 1.54) is 0 Å². The van der Waals surface area contributed by atoms with Gasteiger partial charge in [0, 0.05) is 25.7 Å². The topological polar surface area (TPSA) is 128 Å². The molecule has 2 saturated heterocycles. The molecular weight excluding hydrogens is 284 g/mol. The Morgan fingerprint density at radius 3 is 2.75 bits per heavy atom. The van der Waals surface area contributed by atoms with Crippen LogP contribution in [0.4, 0.5) is 0 Å². The molecule has 0 bridgehead atoms. The molecule has 20 heavy (non-hydrogen) atoms. The number of hydrogen-bond acceptors (Lipinski definition) is 5. The molecule has 1 amide bonds. The molecule has 0 aliphatic carbocycles. The van der Waals surface area contributed by atoms with Gasteiger partial charge in [0.15, 0.2) is 0 Å². The van der Waals surface area contributed by atoms with Gasteiger partial charge < -0.3 is 15.4 Å². The Morgan fingerprint density at radius 2 is 2.15 bits per heavy atom. The Kier molecular flexibility index (Phi) is 4.97. The van der Waals surface area contributed by atoms with Crippen LogP contribution >= 0.6 is 0 Å². The number of nitrogens with two attached hydrogens (primary N) is 2. The standard InChI is InChI=1S/C11H22N4O4S/c12-10-7-19-6-9(10)11(16)15-3-1-2-8(5-15)4-14-20(13,17)18/h8-10,14H,1-7,12H2,(H2,13,17,18). The van der Waals surface area contributed by atoms with Crippen molar-refractivity contribution in [3.63, 3.8) is 0 Å². The van der Waals surface area contributed by atoms with E-state index in [1.807, 2.05) is 0 Å². The maximum absolute atomic E-state index is 12.4. The number of carbonyl (C=O) groups is 1. The molecule has 0 spiro atoms. The summed E-state index contributed by atoms with van der Waals surface area (Å²) in [6.45, 7) is 2.27. The Labute approximate surface area is 119 Å². The molecular formula is C11H22N4O4S. The summed E-state index contributed by atoms with van der Waals surface area (Å²) < 4.78 is 29.3. The van der Waals surface area contributed by atoms with Gasteiger partial charge in [-0.1, -0.05) is 0 Å². The lowest BCUT2D eigenvalue weighted by molar-refractivity contribution is -0.137. The Morgan fingerprint density at radius 1 is 1.40 bits per heavy atom. The van der Waals surface area contributed by atoms with Gasteiger partial charge >= 0.3 is 0 Å². The minimum Gasteiger partial charge on any atom is -0.379 e. The molecule has 0 aromatic rings. The first kappa shape index (κ1) is 15.6. The molecule has 2 aliphatic rings. The van der Waals surface area contributed by atoms with Gasteiger partial charge in [0.05, 0.1) is 19.1 Å². The molecule has 3 atom stereocenters. The number of likely N-dealkylation sites (tertiary alicyclic amines) is 1. The van der Waals surface area contributed by atoms with Crippen molar-refractivity contribution in [2.24, 2.45) is 22.7 Å². The minimum absolute atomic E-state index is 0.00954. The lowest BCUT2D eigenvalue weighted by Gasteiger charge is -2.34. The van der Waals surface area contributed by atoms with E-state index in [4.69, 9.17) is 15.6 Å². The minimum atomic E-state index is -3.68. The number of nitrogens with one attached hydrogen (secondary N) is 1. The first-order chi connectivity index (χ1) is 9.37. The van der Waals surface area contributed by atoms with Crippen LogP contribution in [-0.2, 0) is 19.7 Å². The van der Waals surface area contributed by atoms with Crippen LogP contribution in [0.25, 0.3) is 0 Å². The fourth-order valence-electron chi connectivity index (χ4n) is 2.73. The van der Waals surface area contributed by atoms with Gasteiger partial charge in [0.25, 0.3) is 10.2 Å². The normalized spacial score (nSPS) is 31.5. The molecule has 116 valence electrons. The molecule has 2 fully saturated rings. The lowest BCUT2D eigenvalue weighted by atomic mass is 9.95. The van der Waals surface area contributed by atoms with E-state index in [2.05, 4.69) is 4.72 Å². The number of carbonyl (C=O) groups excluding carboxylic acids is 1. The maximum Gasteiger partial charge on any atom is 0.274 e. The Hall–Kier alpha value is -0.740. The van der Waals surface area contributed by atoms with Gasteiger partial charge in [-0.25, -0.2) is 9.86 Å². The van der Waals surface area contributed by atoms with Gasteiger partial charge in [0.1, 0.15) is 0 Å². The summed E-state index contributed by atoms with van der Waals surface area (Å²) in [5, 5.41) is 4.91. The molecule has 5 N–H and O–H groups in total. The number of rotatable bonds is 4. The van der Waals surface area contributed by atoms with E-state index >= 15 is 0 Å². The number of amides is 1. The average molecular weight is 306 g/mol. The first-order valence-corrected chi connectivity index (χ1v) is 8.31. The quantitative estimate of drug-likeness (QED) is 0.553. The van der Waals surface area contributed by atoms with Crippen LogP contribution in [0, 0.1) is 11.8 Å². The van der Waals surface area contributed by atoms with Crippen LogP contribution in [0.5, 0.6) is 0 Å². The highest BCUT2D eigenvalue weighted by Gasteiger charge is 2.36. The fourth-order valence-corrected chi connectivity index (χ4v) is 3.19. The molecule has 2 aliphatic heterocycles. The molecule has 0 aromatic carbocycles. The van der Waals surface area contributed by atoms with Crippen molar-refractivity contribution < 1.29 is 17.9 Å². The highest BCUT2D eigenvalue weighted by atomic mass is 32.2. The number of ether oxygens (including phenoxy) is 1. The summed E-state index contributed by atoms with van der Waals surface area (Å²) in [6.07, 6.45) is 1.73. The van der Waals surface area contributed by atoms with Gasteiger partial charge in [0.2, 0.25) is 5.91 Å². The third-order valence-corrected chi connectivity index (χ3v) is 4.41. The summed E-state index contributed by atoms with van der Waals surface area (Å²) in [5.41, 5.74) is 5.86. The van der Waals surface area contributed by atoms with Crippen molar-refractivity contribution in [2.75, 3.05) is 32.8 Å². The summed E-state index contributed by atoms with van der Waals surface area (Å²) in [5.74, 6) is -0.181. The lowest BCUT2D eigenvalue weighted by Crippen LogP contribution is -2.49. The van der Waals surface area contributed by atoms with E-state index in [-0.39, 0.29) is 30.3 Å². The second kappa shape index (κ2) is 6.35. The predicted octanol–water partition coefficient (Wildman–Crippen LogP) is -2.01. The van der Waals surface area contributed by atoms with Gasteiger partial charge in [-0.15, -0.1) is 0 Å². The SMILES string of the molecule is NC1COCC1C(=O)N1CCCC(CNS(N)(=O)=O)C1. The Bertz CT molecular complexity index is 455. The van der Waals surface area contributed by atoms with Crippen molar-refractivity contribution in [3.05, 3.63) is 0 Å². The number of hydrogen-bond donors (Lipinski definition) is 3. The molecule has 2 heterocycles. The summed E-state index contributed by atoms with van der Waals surface area (Å²) in [7, 11) is -3.68. The molecule has 3 unspecified atom stereocenters. The summed E-state index contributed by atoms with van der Waals surface area (Å²) in [4.78, 5) is 14.1. The van der Waals surface area contributed by atoms with Crippen molar-refractivity contribution in [2.45, 2.75) is 18.9 Å². The zero-order valence-corrected chi connectivity index (χ0v) is 12.1. The van der Waals surface area contributed by atoms with Crippen LogP contribution < -0.4 is 15.6 Å². The van der Waals surface area contributed by atoms with Gasteiger partial charge in [-0.05, 0) is 18.8 Å². The van der Waals surface area contributed by atoms with E-state index in [1.54, 1.807) is 4.90 Å². The van der Waals surface area contributed by atoms with Crippen molar-refractivity contribution in [1.29, 1.82) is 0 Å². The van der Waals surface area contributed by atoms with Crippen LogP contribution in [-0.4, -0.2) is 58.1 Å². The highest BCUT2D eigenvalue weighted by Crippen LogP contribution is 2.21. The molecule has 0 radical (unpaired) electrons. The van der Waals surface area contributed by atoms with Gasteiger partial charge in [-0.3, -0.25) is 4.79 Å². The maximum atomic E-state index is 12.4. The highest BCUT2D eigenvalue weighted by molar-refractivity contribution is 7.87. The third kappa shape index (κ3) is 4.13. The van der Waals surface area contributed by atoms with Crippen molar-refractivity contribution in [1.82, 2.24) is 9.62 Å². The third-order valence-electron chi connectivity index (χ3n) is 3.85. The van der Waals surface area contributed by atoms with Gasteiger partial charge in [-0.2, -0.15) is 8.42 Å². The van der Waals surface area contributed by atoms with Crippen LogP contribution in [0.15, 0.2) is 0 Å². The predicted molar refractivity (Wildman–Crippen MR) is 72.7 cm³/mol. The summed E-state index contributed by atoms with van der Waals surface area (Å²) in [6, 6.07) is -0.245. The van der Waals surface area contributed by atoms with E-state index < -0.39 is 10.2 Å².